The third-order valence-electron chi connectivity index (χ3n) is 5.82. The number of rotatable bonds is 5. The van der Waals surface area contributed by atoms with E-state index in [4.69, 9.17) is 10.5 Å². The van der Waals surface area contributed by atoms with Crippen LogP contribution in [0.15, 0.2) is 65.6 Å². The largest absolute Gasteiger partial charge is 0.399 e. The van der Waals surface area contributed by atoms with E-state index in [-0.39, 0.29) is 5.69 Å². The lowest BCUT2D eigenvalue weighted by molar-refractivity contribution is 0.109. The summed E-state index contributed by atoms with van der Waals surface area (Å²) in [6, 6.07) is 17.0. The van der Waals surface area contributed by atoms with Gasteiger partial charge in [0.1, 0.15) is 5.52 Å². The van der Waals surface area contributed by atoms with Crippen LogP contribution in [0.25, 0.3) is 16.9 Å². The predicted molar refractivity (Wildman–Crippen MR) is 134 cm³/mol. The molecule has 1 aliphatic heterocycles. The summed E-state index contributed by atoms with van der Waals surface area (Å²) in [6.07, 6.45) is 4.04. The molecule has 2 aromatic heterocycles. The third-order valence-corrected chi connectivity index (χ3v) is 5.82. The number of hydrogen-bond acceptors (Lipinski definition) is 7. The number of imidazole rings is 1. The summed E-state index contributed by atoms with van der Waals surface area (Å²) in [5, 5.41) is 6.36. The second-order valence-electron chi connectivity index (χ2n) is 8.52. The Labute approximate surface area is 197 Å². The van der Waals surface area contributed by atoms with Crippen molar-refractivity contribution < 1.29 is 4.74 Å². The van der Waals surface area contributed by atoms with Crippen LogP contribution < -0.4 is 22.1 Å². The van der Waals surface area contributed by atoms with Gasteiger partial charge in [0, 0.05) is 31.0 Å². The fourth-order valence-corrected chi connectivity index (χ4v) is 3.89. The molecule has 9 nitrogen and oxygen atoms in total. The lowest BCUT2D eigenvalue weighted by atomic mass is 10.3. The van der Waals surface area contributed by atoms with Crippen LogP contribution in [0.4, 0.5) is 17.3 Å². The van der Waals surface area contributed by atoms with Gasteiger partial charge in [-0.3, -0.25) is 4.57 Å². The fourth-order valence-electron chi connectivity index (χ4n) is 3.89. The van der Waals surface area contributed by atoms with Crippen molar-refractivity contribution >= 4 is 28.5 Å². The van der Waals surface area contributed by atoms with E-state index < -0.39 is 0 Å². The Morgan fingerprint density at radius 3 is 2.53 bits per heavy atom. The van der Waals surface area contributed by atoms with Crippen LogP contribution in [0.2, 0.25) is 0 Å². The van der Waals surface area contributed by atoms with Crippen molar-refractivity contribution in [3.05, 3.63) is 71.3 Å². The first-order valence-electron chi connectivity index (χ1n) is 11.6. The summed E-state index contributed by atoms with van der Waals surface area (Å²) >= 11 is 0. The predicted octanol–water partition coefficient (Wildman–Crippen LogP) is 2.92. The molecular formula is C25H29N7O2. The van der Waals surface area contributed by atoms with E-state index in [2.05, 4.69) is 20.6 Å². The molecule has 1 saturated heterocycles. The summed E-state index contributed by atoms with van der Waals surface area (Å²) in [4.78, 5) is 22.3. The standard InChI is InChI=1S/C21H20N6O.C4H9NO/c22-15-5-4-8-17(11-15)27-19-18(26(21(27)28)13-14-9-10-14)12-23-20(25-19)24-16-6-2-1-3-7-16;1-3-6-4-2-5-1/h1-8,11-12,14H,9-10,13,22H2,(H,23,24,25);5H,1-4H2. The van der Waals surface area contributed by atoms with E-state index in [0.717, 1.165) is 50.3 Å². The van der Waals surface area contributed by atoms with Crippen molar-refractivity contribution in [2.45, 2.75) is 19.4 Å². The fraction of sp³-hybridized carbons (Fsp3) is 0.320. The Bertz CT molecular complexity index is 1300. The molecule has 1 saturated carbocycles. The van der Waals surface area contributed by atoms with Crippen LogP contribution in [0.5, 0.6) is 0 Å². The summed E-state index contributed by atoms with van der Waals surface area (Å²) in [5.41, 5.74) is 9.34. The maximum Gasteiger partial charge on any atom is 0.335 e. The molecule has 3 heterocycles. The first kappa shape index (κ1) is 22.1. The molecule has 9 heteroatoms. The van der Waals surface area contributed by atoms with Gasteiger partial charge >= 0.3 is 5.69 Å². The van der Waals surface area contributed by atoms with Gasteiger partial charge in [-0.1, -0.05) is 24.3 Å². The Morgan fingerprint density at radius 1 is 1.09 bits per heavy atom. The van der Waals surface area contributed by atoms with Crippen LogP contribution in [-0.2, 0) is 11.3 Å². The van der Waals surface area contributed by atoms with Crippen molar-refractivity contribution in [1.29, 1.82) is 0 Å². The van der Waals surface area contributed by atoms with Gasteiger partial charge in [0.2, 0.25) is 5.95 Å². The number of ether oxygens (including phenoxy) is 1. The second kappa shape index (κ2) is 10.1. The molecule has 0 bridgehead atoms. The number of para-hydroxylation sites is 1. The van der Waals surface area contributed by atoms with Crippen LogP contribution in [0.1, 0.15) is 12.8 Å². The summed E-state index contributed by atoms with van der Waals surface area (Å²) in [7, 11) is 0. The van der Waals surface area contributed by atoms with Gasteiger partial charge in [0.25, 0.3) is 0 Å². The lowest BCUT2D eigenvalue weighted by Gasteiger charge is -2.10. The van der Waals surface area contributed by atoms with Crippen LogP contribution >= 0.6 is 0 Å². The number of nitrogen functional groups attached to an aromatic ring is 1. The van der Waals surface area contributed by atoms with Crippen LogP contribution in [-0.4, -0.2) is 45.4 Å². The van der Waals surface area contributed by atoms with Crippen molar-refractivity contribution in [2.24, 2.45) is 5.92 Å². The number of nitrogens with two attached hydrogens (primary N) is 1. The minimum absolute atomic E-state index is 0.112. The summed E-state index contributed by atoms with van der Waals surface area (Å²) in [5.74, 6) is 1.000. The number of anilines is 3. The molecule has 2 aliphatic rings. The zero-order chi connectivity index (χ0) is 23.3. The highest BCUT2D eigenvalue weighted by molar-refractivity contribution is 5.75. The SMILES string of the molecule is C1COCCN1.Nc1cccc(-n2c(=O)n(CC3CC3)c3cnc(Nc4ccccc4)nc32)c1. The maximum atomic E-state index is 13.2. The minimum atomic E-state index is -0.112. The Balaban J connectivity index is 0.000000351. The Hall–Kier alpha value is -3.69. The van der Waals surface area contributed by atoms with E-state index in [1.807, 2.05) is 42.5 Å². The lowest BCUT2D eigenvalue weighted by Crippen LogP contribution is -2.30. The average Bonchev–Trinajstić information content (AvgIpc) is 3.65. The molecule has 0 unspecified atom stereocenters. The highest BCUT2D eigenvalue weighted by Gasteiger charge is 2.26. The molecule has 2 aromatic carbocycles. The first-order chi connectivity index (χ1) is 16.7. The molecule has 6 rings (SSSR count). The van der Waals surface area contributed by atoms with Crippen LogP contribution in [0, 0.1) is 5.92 Å². The van der Waals surface area contributed by atoms with Gasteiger partial charge < -0.3 is 21.1 Å². The van der Waals surface area contributed by atoms with Gasteiger partial charge in [0.05, 0.1) is 25.1 Å². The number of benzene rings is 2. The molecule has 4 N–H and O–H groups in total. The second-order valence-corrected chi connectivity index (χ2v) is 8.52. The zero-order valence-corrected chi connectivity index (χ0v) is 19.0. The highest BCUT2D eigenvalue weighted by atomic mass is 16.5. The van der Waals surface area contributed by atoms with Gasteiger partial charge in [-0.05, 0) is 49.1 Å². The maximum absolute atomic E-state index is 13.2. The third kappa shape index (κ3) is 5.11. The molecule has 0 spiro atoms. The van der Waals surface area contributed by atoms with Crippen LogP contribution in [0.3, 0.4) is 0 Å². The van der Waals surface area contributed by atoms with E-state index in [0.29, 0.717) is 35.4 Å². The van der Waals surface area contributed by atoms with Gasteiger partial charge in [-0.2, -0.15) is 4.98 Å². The van der Waals surface area contributed by atoms with Crippen molar-refractivity contribution in [3.63, 3.8) is 0 Å². The number of hydrogen-bond donors (Lipinski definition) is 3. The van der Waals surface area contributed by atoms with Crippen molar-refractivity contribution in [2.75, 3.05) is 37.4 Å². The molecule has 34 heavy (non-hydrogen) atoms. The normalized spacial score (nSPS) is 15.5. The highest BCUT2D eigenvalue weighted by Crippen LogP contribution is 2.31. The van der Waals surface area contributed by atoms with Gasteiger partial charge in [-0.15, -0.1) is 0 Å². The Morgan fingerprint density at radius 2 is 1.88 bits per heavy atom. The minimum Gasteiger partial charge on any atom is -0.399 e. The molecule has 176 valence electrons. The van der Waals surface area contributed by atoms with E-state index in [1.165, 1.54) is 0 Å². The summed E-state index contributed by atoms with van der Waals surface area (Å²) in [6.45, 7) is 4.53. The van der Waals surface area contributed by atoms with E-state index >= 15 is 0 Å². The molecule has 1 aliphatic carbocycles. The monoisotopic (exact) mass is 459 g/mol. The topological polar surface area (TPSA) is 112 Å². The smallest absolute Gasteiger partial charge is 0.335 e. The summed E-state index contributed by atoms with van der Waals surface area (Å²) < 4.78 is 8.40. The Kier molecular flexibility index (Phi) is 6.55. The molecule has 0 radical (unpaired) electrons. The zero-order valence-electron chi connectivity index (χ0n) is 19.0. The average molecular weight is 460 g/mol. The molecular weight excluding hydrogens is 430 g/mol. The molecule has 4 aromatic rings. The number of nitrogens with zero attached hydrogens (tertiary/aromatic N) is 4. The van der Waals surface area contributed by atoms with Gasteiger partial charge in [0.15, 0.2) is 5.65 Å². The van der Waals surface area contributed by atoms with E-state index in [1.54, 1.807) is 27.5 Å². The molecule has 0 amide bonds. The molecule has 2 fully saturated rings. The number of morpholine rings is 1. The first-order valence-corrected chi connectivity index (χ1v) is 11.6. The number of fused-ring (bicyclic) bond motifs is 1. The van der Waals surface area contributed by atoms with E-state index in [9.17, 15) is 4.79 Å². The quantitative estimate of drug-likeness (QED) is 0.394. The number of nitrogens with one attached hydrogen (secondary N) is 2. The van der Waals surface area contributed by atoms with Gasteiger partial charge in [-0.25, -0.2) is 14.3 Å². The van der Waals surface area contributed by atoms with Crippen molar-refractivity contribution in [3.8, 4) is 5.69 Å². The van der Waals surface area contributed by atoms with Crippen molar-refractivity contribution in [1.82, 2.24) is 24.4 Å². The number of aromatic nitrogens is 4. The molecule has 0 atom stereocenters.